The minimum Gasteiger partial charge on any atom is -0.507 e. The SMILES string of the molecule is CC1=NN(c2ccccc2)C(=O)/C1=C\c1c(O)c(O)c(C(C)C)c2cc(C)c(-c3c(C)cc4c(C(C)C)c(O)c(O)c(C=O)c4c3O)c(O)c12.CC1=NN(c2ccccc2)C(=O)C1.Cc1cc2c(C(C)C)c(O)c(O)c(C=O)c2c(O)c1-c1c(C)cc2c(C(C)C)c(O)c(O)c(C=O)c2c1O.O=CO. The van der Waals surface area contributed by atoms with Gasteiger partial charge in [-0.25, -0.2) is 5.01 Å². The fraction of sp³-hybridized carbons (Fsp3) is 0.235. The van der Waals surface area contributed by atoms with Crippen molar-refractivity contribution in [1.82, 2.24) is 0 Å². The molecule has 12 rings (SSSR count). The quantitative estimate of drug-likeness (QED) is 0.0307. The molecule has 2 amide bonds. The number of carboxylic acid groups (broad SMARTS) is 1. The number of hydrogen-bond donors (Lipinski definition) is 13. The number of phenolic OH excluding ortho intramolecular Hbond substituents is 12. The summed E-state index contributed by atoms with van der Waals surface area (Å²) in [7, 11) is 0. The summed E-state index contributed by atoms with van der Waals surface area (Å²) in [5.74, 6) is -7.45. The summed E-state index contributed by atoms with van der Waals surface area (Å²) < 4.78 is 0. The van der Waals surface area contributed by atoms with Crippen LogP contribution in [0, 0.1) is 27.7 Å². The van der Waals surface area contributed by atoms with Gasteiger partial charge in [-0.3, -0.25) is 28.8 Å². The molecule has 2 aliphatic heterocycles. The van der Waals surface area contributed by atoms with Crippen molar-refractivity contribution in [2.24, 2.45) is 10.2 Å². The normalized spacial score (nSPS) is 13.2. The van der Waals surface area contributed by atoms with Crippen LogP contribution in [0.15, 0.2) is 101 Å². The molecule has 23 heteroatoms. The maximum atomic E-state index is 13.7. The zero-order chi connectivity index (χ0) is 76.8. The zero-order valence-electron chi connectivity index (χ0n) is 59.5. The number of aldehydes is 3. The average Bonchev–Trinajstić information content (AvgIpc) is 0.741. The lowest BCUT2D eigenvalue weighted by atomic mass is 9.83. The van der Waals surface area contributed by atoms with Gasteiger partial charge in [-0.2, -0.15) is 15.2 Å². The van der Waals surface area contributed by atoms with Crippen LogP contribution in [0.5, 0.6) is 69.0 Å². The minimum atomic E-state index is -0.667. The van der Waals surface area contributed by atoms with E-state index in [4.69, 9.17) is 9.90 Å². The monoisotopic (exact) mass is 1410 g/mol. The molecule has 0 unspecified atom stereocenters. The number of carbonyl (C=O) groups excluding carboxylic acids is 5. The molecule has 2 heterocycles. The first-order valence-corrected chi connectivity index (χ1v) is 33.1. The molecule has 23 nitrogen and oxygen atoms in total. The van der Waals surface area contributed by atoms with Gasteiger partial charge in [0.15, 0.2) is 64.9 Å². The Balaban J connectivity index is 0.000000203. The third-order valence-electron chi connectivity index (χ3n) is 18.6. The highest BCUT2D eigenvalue weighted by molar-refractivity contribution is 6.33. The Morgan fingerprint density at radius 2 is 0.644 bits per heavy atom. The number of anilines is 2. The number of para-hydroxylation sites is 2. The number of phenols is 12. The van der Waals surface area contributed by atoms with Crippen molar-refractivity contribution in [3.8, 4) is 91.2 Å². The summed E-state index contributed by atoms with van der Waals surface area (Å²) in [5, 5.41) is 154. The molecule has 0 aromatic heterocycles. The van der Waals surface area contributed by atoms with E-state index in [2.05, 4.69) is 10.2 Å². The Kier molecular flexibility index (Phi) is 21.4. The van der Waals surface area contributed by atoms with Gasteiger partial charge in [0.25, 0.3) is 18.3 Å². The molecule has 13 N–H and O–H groups in total. The van der Waals surface area contributed by atoms with Crippen LogP contribution < -0.4 is 10.0 Å². The third-order valence-corrected chi connectivity index (χ3v) is 18.6. The van der Waals surface area contributed by atoms with Crippen LogP contribution in [0.1, 0.15) is 180 Å². The van der Waals surface area contributed by atoms with Gasteiger partial charge in [-0.05, 0) is 139 Å². The summed E-state index contributed by atoms with van der Waals surface area (Å²) >= 11 is 0. The minimum absolute atomic E-state index is 0.00153. The fourth-order valence-corrected chi connectivity index (χ4v) is 14.1. The first kappa shape index (κ1) is 75.5. The predicted octanol–water partition coefficient (Wildman–Crippen LogP) is 16.3. The molecule has 0 spiro atoms. The van der Waals surface area contributed by atoms with E-state index >= 15 is 0 Å². The van der Waals surface area contributed by atoms with Crippen LogP contribution in [0.2, 0.25) is 0 Å². The van der Waals surface area contributed by atoms with E-state index in [1.54, 1.807) is 125 Å². The highest BCUT2D eigenvalue weighted by Gasteiger charge is 2.35. The maximum absolute atomic E-state index is 13.7. The number of aromatic hydroxyl groups is 12. The molecule has 10 aromatic carbocycles. The summed E-state index contributed by atoms with van der Waals surface area (Å²) in [6, 6.07) is 25.0. The molecule has 538 valence electrons. The topological polar surface area (TPSA) is 397 Å². The molecule has 0 radical (unpaired) electrons. The molecule has 0 saturated carbocycles. The Morgan fingerprint density at radius 3 is 0.904 bits per heavy atom. The van der Waals surface area contributed by atoms with E-state index in [1.165, 1.54) is 16.1 Å². The smallest absolute Gasteiger partial charge is 0.290 e. The first-order valence-electron chi connectivity index (χ1n) is 33.1. The molecule has 0 aliphatic carbocycles. The molecule has 0 saturated heterocycles. The van der Waals surface area contributed by atoms with Gasteiger partial charge >= 0.3 is 0 Å². The van der Waals surface area contributed by atoms with Gasteiger partial charge in [0.05, 0.1) is 45.8 Å². The maximum Gasteiger partial charge on any atom is 0.290 e. The summed E-state index contributed by atoms with van der Waals surface area (Å²) in [6.07, 6.45) is 2.86. The molecule has 2 aliphatic rings. The van der Waals surface area contributed by atoms with Crippen LogP contribution in [-0.2, 0) is 14.4 Å². The van der Waals surface area contributed by atoms with Crippen molar-refractivity contribution in [2.45, 2.75) is 127 Å². The van der Waals surface area contributed by atoms with E-state index in [9.17, 15) is 85.3 Å². The molecule has 104 heavy (non-hydrogen) atoms. The molecular formula is C81H80N4O19. The van der Waals surface area contributed by atoms with Crippen LogP contribution in [0.3, 0.4) is 0 Å². The van der Waals surface area contributed by atoms with Crippen LogP contribution >= 0.6 is 0 Å². The highest BCUT2D eigenvalue weighted by Crippen LogP contribution is 2.58. The zero-order valence-corrected chi connectivity index (χ0v) is 59.5. The second-order valence-corrected chi connectivity index (χ2v) is 26.8. The largest absolute Gasteiger partial charge is 0.507 e. The molecular weight excluding hydrogens is 1330 g/mol. The van der Waals surface area contributed by atoms with E-state index in [0.29, 0.717) is 103 Å². The van der Waals surface area contributed by atoms with Gasteiger partial charge in [0.1, 0.15) is 23.0 Å². The summed E-state index contributed by atoms with van der Waals surface area (Å²) in [6.45, 7) is 24.5. The van der Waals surface area contributed by atoms with Crippen LogP contribution in [0.25, 0.3) is 71.4 Å². The number of aryl methyl sites for hydroxylation is 4. The van der Waals surface area contributed by atoms with Crippen molar-refractivity contribution in [3.05, 3.63) is 157 Å². The lowest BCUT2D eigenvalue weighted by Gasteiger charge is -2.23. The van der Waals surface area contributed by atoms with Crippen molar-refractivity contribution in [2.75, 3.05) is 10.0 Å². The summed E-state index contributed by atoms with van der Waals surface area (Å²) in [5.41, 5.74) is 5.68. The van der Waals surface area contributed by atoms with E-state index in [0.717, 1.165) is 11.4 Å². The fourth-order valence-electron chi connectivity index (χ4n) is 14.1. The van der Waals surface area contributed by atoms with Gasteiger partial charge in [-0.1, -0.05) is 116 Å². The van der Waals surface area contributed by atoms with Crippen LogP contribution in [0.4, 0.5) is 11.4 Å². The average molecular weight is 1410 g/mol. The van der Waals surface area contributed by atoms with Crippen molar-refractivity contribution in [1.29, 1.82) is 0 Å². The van der Waals surface area contributed by atoms with Gasteiger partial charge in [-0.15, -0.1) is 0 Å². The number of benzene rings is 10. The van der Waals surface area contributed by atoms with Gasteiger partial charge < -0.3 is 66.4 Å². The Bertz CT molecular complexity index is 5240. The molecule has 0 bridgehead atoms. The summed E-state index contributed by atoms with van der Waals surface area (Å²) in [4.78, 5) is 69.7. The number of fused-ring (bicyclic) bond motifs is 4. The Hall–Kier alpha value is -12.7. The second-order valence-electron chi connectivity index (χ2n) is 26.8. The molecule has 10 aromatic rings. The van der Waals surface area contributed by atoms with Gasteiger partial charge in [0.2, 0.25) is 0 Å². The second kappa shape index (κ2) is 29.5. The molecule has 0 atom stereocenters. The van der Waals surface area contributed by atoms with E-state index < -0.39 is 69.2 Å². The number of amides is 2. The lowest BCUT2D eigenvalue weighted by Crippen LogP contribution is -2.21. The Labute approximate surface area is 597 Å². The molecule has 0 fully saturated rings. The predicted molar refractivity (Wildman–Crippen MR) is 401 cm³/mol. The number of nitrogens with zero attached hydrogens (tertiary/aromatic N) is 4. The first-order chi connectivity index (χ1) is 49.1. The van der Waals surface area contributed by atoms with E-state index in [1.807, 2.05) is 57.2 Å². The third kappa shape index (κ3) is 12.8. The Morgan fingerprint density at radius 1 is 0.375 bits per heavy atom. The highest BCUT2D eigenvalue weighted by atomic mass is 16.3. The number of hydrogen-bond acceptors (Lipinski definition) is 20. The number of rotatable bonds is 12. The van der Waals surface area contributed by atoms with Crippen molar-refractivity contribution < 1.29 is 95.2 Å². The van der Waals surface area contributed by atoms with Crippen molar-refractivity contribution >= 4 is 109 Å². The van der Waals surface area contributed by atoms with Crippen molar-refractivity contribution in [3.63, 3.8) is 0 Å². The number of carbonyl (C=O) groups is 6. The standard InChI is InChI=1S/C40H38N2O8.C30H30O8.C10H10N2O.CH2O2/c1-17(2)28-24-13-19(5)30(31-20(6)14-25-29(18(3)4)39(49)35(45)27(16-43)33(25)37(31)47)36(46)32(24)26(34(44)38(28)48)15-23-21(7)41-42(40(23)50)22-11-9-8-10-12-22;1-11(2)19-15-7-13(5)21(27(35)23(15)17(9-31)25(33)29(19)37)22-14(6)8-16-20(12(3)4)30(38)26(34)18(10-32)24(16)28(22)36;1-8-7-10(13)12(11-8)9-5-3-2-4-6-9;2-1-3/h8-18,44-49H,1-7H3;7-12,33-38H,1-6H3;2-6H,7H2,1H3;1H,(H,2,3)/b23-15-;;;. The van der Waals surface area contributed by atoms with E-state index in [-0.39, 0.29) is 113 Å². The van der Waals surface area contributed by atoms with Crippen LogP contribution in [-0.4, -0.2) is 115 Å². The number of hydrazone groups is 2. The lowest BCUT2D eigenvalue weighted by molar-refractivity contribution is -0.123. The van der Waals surface area contributed by atoms with Gasteiger partial charge in [0, 0.05) is 77.3 Å².